The Labute approximate surface area is 178 Å². The molecule has 1 aliphatic heterocycles. The molecule has 1 fully saturated rings. The highest BCUT2D eigenvalue weighted by Crippen LogP contribution is 2.19. The van der Waals surface area contributed by atoms with Gasteiger partial charge in [-0.25, -0.2) is 4.99 Å². The molecule has 1 unspecified atom stereocenters. The number of thioether (sulfide) groups is 1. The Hall–Kier alpha value is -1.16. The van der Waals surface area contributed by atoms with Crippen molar-refractivity contribution in [1.29, 1.82) is 0 Å². The van der Waals surface area contributed by atoms with Crippen LogP contribution in [0, 0.1) is 0 Å². The number of rotatable bonds is 7. The van der Waals surface area contributed by atoms with E-state index in [4.69, 9.17) is 0 Å². The van der Waals surface area contributed by atoms with Crippen molar-refractivity contribution in [2.75, 3.05) is 57.2 Å². The van der Waals surface area contributed by atoms with Gasteiger partial charge in [0.15, 0.2) is 5.96 Å². The minimum Gasteiger partial charge on any atom is -0.369 e. The Bertz CT molecular complexity index is 570. The van der Waals surface area contributed by atoms with E-state index in [1.807, 2.05) is 6.07 Å². The van der Waals surface area contributed by atoms with Crippen LogP contribution in [0.25, 0.3) is 0 Å². The summed E-state index contributed by atoms with van der Waals surface area (Å²) in [5, 5.41) is 6.81. The van der Waals surface area contributed by atoms with Gasteiger partial charge in [-0.05, 0) is 24.8 Å². The van der Waals surface area contributed by atoms with Crippen LogP contribution in [0.4, 0.5) is 5.69 Å². The van der Waals surface area contributed by atoms with E-state index in [1.165, 1.54) is 5.69 Å². The van der Waals surface area contributed by atoms with Crippen molar-refractivity contribution in [3.05, 3.63) is 30.3 Å². The second kappa shape index (κ2) is 12.3. The Morgan fingerprint density at radius 1 is 1.35 bits per heavy atom. The molecule has 0 bridgehead atoms. The normalized spacial score (nSPS) is 16.8. The second-order valence-electron chi connectivity index (χ2n) is 6.28. The second-order valence-corrected chi connectivity index (χ2v) is 7.27. The summed E-state index contributed by atoms with van der Waals surface area (Å²) in [6.07, 6.45) is 3.13. The van der Waals surface area contributed by atoms with Gasteiger partial charge in [-0.3, -0.25) is 4.79 Å². The number of carbonyl (C=O) groups is 1. The lowest BCUT2D eigenvalue weighted by Gasteiger charge is -2.20. The lowest BCUT2D eigenvalue weighted by molar-refractivity contribution is -0.127. The molecule has 1 aromatic rings. The fourth-order valence-electron chi connectivity index (χ4n) is 2.66. The van der Waals surface area contributed by atoms with Crippen LogP contribution in [0.2, 0.25) is 0 Å². The van der Waals surface area contributed by atoms with Crippen molar-refractivity contribution in [3.63, 3.8) is 0 Å². The van der Waals surface area contributed by atoms with Crippen molar-refractivity contribution in [3.8, 4) is 0 Å². The van der Waals surface area contributed by atoms with Gasteiger partial charge in [0.25, 0.3) is 0 Å². The summed E-state index contributed by atoms with van der Waals surface area (Å²) in [6.45, 7) is 2.96. The molecule has 1 aliphatic rings. The Kier molecular flexibility index (Phi) is 10.8. The molecule has 0 aliphatic carbocycles. The monoisotopic (exact) mass is 491 g/mol. The van der Waals surface area contributed by atoms with E-state index in [2.05, 4.69) is 51.0 Å². The number of halogens is 1. The first kappa shape index (κ1) is 22.9. The van der Waals surface area contributed by atoms with E-state index in [1.54, 1.807) is 30.8 Å². The summed E-state index contributed by atoms with van der Waals surface area (Å²) in [6, 6.07) is 10.8. The fourth-order valence-corrected chi connectivity index (χ4v) is 2.96. The molecule has 6 nitrogen and oxygen atoms in total. The average Bonchev–Trinajstić information content (AvgIpc) is 3.08. The maximum atomic E-state index is 11.8. The van der Waals surface area contributed by atoms with Crippen molar-refractivity contribution in [1.82, 2.24) is 15.5 Å². The first-order valence-electron chi connectivity index (χ1n) is 8.64. The number of likely N-dealkylation sites (N-methyl/N-ethyl adjacent to an activating group) is 1. The molecule has 146 valence electrons. The molecule has 2 rings (SSSR count). The summed E-state index contributed by atoms with van der Waals surface area (Å²) >= 11 is 1.78. The van der Waals surface area contributed by atoms with Gasteiger partial charge in [-0.1, -0.05) is 18.2 Å². The van der Waals surface area contributed by atoms with E-state index in [0.29, 0.717) is 6.04 Å². The predicted octanol–water partition coefficient (Wildman–Crippen LogP) is 1.87. The van der Waals surface area contributed by atoms with Gasteiger partial charge in [0.1, 0.15) is 6.54 Å². The third kappa shape index (κ3) is 7.61. The first-order valence-corrected chi connectivity index (χ1v) is 10.0. The molecule has 1 saturated heterocycles. The van der Waals surface area contributed by atoms with E-state index in [0.717, 1.165) is 37.8 Å². The molecule has 2 N–H and O–H groups in total. The predicted molar refractivity (Wildman–Crippen MR) is 123 cm³/mol. The van der Waals surface area contributed by atoms with Gasteiger partial charge in [0.2, 0.25) is 5.91 Å². The zero-order valence-corrected chi connectivity index (χ0v) is 18.9. The van der Waals surface area contributed by atoms with Gasteiger partial charge in [-0.15, -0.1) is 24.0 Å². The number of benzene rings is 1. The van der Waals surface area contributed by atoms with Crippen molar-refractivity contribution in [2.24, 2.45) is 4.99 Å². The number of nitrogens with zero attached hydrogens (tertiary/aromatic N) is 3. The Morgan fingerprint density at radius 3 is 2.73 bits per heavy atom. The molecule has 1 aromatic carbocycles. The smallest absolute Gasteiger partial charge is 0.243 e. The summed E-state index contributed by atoms with van der Waals surface area (Å²) < 4.78 is 0. The molecular formula is C18H30IN5OS. The molecule has 0 spiro atoms. The van der Waals surface area contributed by atoms with Crippen LogP contribution < -0.4 is 15.5 Å². The molecule has 0 saturated carbocycles. The van der Waals surface area contributed by atoms with Gasteiger partial charge in [0, 0.05) is 51.2 Å². The first-order chi connectivity index (χ1) is 12.1. The number of hydrogen-bond donors (Lipinski definition) is 2. The van der Waals surface area contributed by atoms with Gasteiger partial charge < -0.3 is 20.4 Å². The fraction of sp³-hybridized carbons (Fsp3) is 0.556. The molecule has 1 heterocycles. The summed E-state index contributed by atoms with van der Waals surface area (Å²) in [4.78, 5) is 20.2. The number of aliphatic imine (C=N–C) groups is 1. The highest BCUT2D eigenvalue weighted by Gasteiger charge is 2.23. The van der Waals surface area contributed by atoms with Gasteiger partial charge in [-0.2, -0.15) is 11.8 Å². The number of nitrogens with one attached hydrogen (secondary N) is 2. The van der Waals surface area contributed by atoms with Gasteiger partial charge in [0.05, 0.1) is 0 Å². The lowest BCUT2D eigenvalue weighted by Crippen LogP contribution is -2.45. The number of guanidine groups is 1. The SMILES string of the molecule is CSCCNC(=NCC(=O)N(C)C)NC1CCN(c2ccccc2)C1.I. The lowest BCUT2D eigenvalue weighted by atomic mass is 10.3. The van der Waals surface area contributed by atoms with Crippen molar-refractivity contribution in [2.45, 2.75) is 12.5 Å². The number of carbonyl (C=O) groups excluding carboxylic acids is 1. The molecular weight excluding hydrogens is 461 g/mol. The largest absolute Gasteiger partial charge is 0.369 e. The molecule has 1 atom stereocenters. The van der Waals surface area contributed by atoms with Crippen molar-refractivity contribution >= 4 is 53.3 Å². The number of anilines is 1. The number of para-hydroxylation sites is 1. The van der Waals surface area contributed by atoms with Crippen molar-refractivity contribution < 1.29 is 4.79 Å². The summed E-state index contributed by atoms with van der Waals surface area (Å²) in [7, 11) is 3.50. The van der Waals surface area contributed by atoms with Crippen LogP contribution in [-0.2, 0) is 4.79 Å². The molecule has 0 aromatic heterocycles. The van der Waals surface area contributed by atoms with Gasteiger partial charge >= 0.3 is 0 Å². The van der Waals surface area contributed by atoms with Crippen LogP contribution >= 0.6 is 35.7 Å². The minimum atomic E-state index is 0. The van der Waals surface area contributed by atoms with Crippen LogP contribution in [0.15, 0.2) is 35.3 Å². The average molecular weight is 491 g/mol. The summed E-state index contributed by atoms with van der Waals surface area (Å²) in [5.74, 6) is 1.73. The highest BCUT2D eigenvalue weighted by atomic mass is 127. The number of amides is 1. The zero-order chi connectivity index (χ0) is 18.1. The van der Waals surface area contributed by atoms with Crippen LogP contribution in [-0.4, -0.2) is 75.1 Å². The zero-order valence-electron chi connectivity index (χ0n) is 15.8. The molecule has 8 heteroatoms. The van der Waals surface area contributed by atoms with Crippen LogP contribution in [0.1, 0.15) is 6.42 Å². The minimum absolute atomic E-state index is 0. The molecule has 1 amide bonds. The quantitative estimate of drug-likeness (QED) is 0.264. The Morgan fingerprint density at radius 2 is 2.08 bits per heavy atom. The number of hydrogen-bond acceptors (Lipinski definition) is 4. The highest BCUT2D eigenvalue weighted by molar-refractivity contribution is 14.0. The maximum absolute atomic E-state index is 11.8. The van der Waals surface area contributed by atoms with E-state index < -0.39 is 0 Å². The van der Waals surface area contributed by atoms with E-state index >= 15 is 0 Å². The summed E-state index contributed by atoms with van der Waals surface area (Å²) in [5.41, 5.74) is 1.25. The van der Waals surface area contributed by atoms with Crippen LogP contribution in [0.5, 0.6) is 0 Å². The molecule has 0 radical (unpaired) electrons. The van der Waals surface area contributed by atoms with Crippen LogP contribution in [0.3, 0.4) is 0 Å². The van der Waals surface area contributed by atoms with E-state index in [9.17, 15) is 4.79 Å². The standard InChI is InChI=1S/C18H29N5OS.HI/c1-22(2)17(24)13-20-18(19-10-12-25-3)21-15-9-11-23(14-15)16-7-5-4-6-8-16;/h4-8,15H,9-14H2,1-3H3,(H2,19,20,21);1H. The van der Waals surface area contributed by atoms with E-state index in [-0.39, 0.29) is 36.4 Å². The topological polar surface area (TPSA) is 60.0 Å². The maximum Gasteiger partial charge on any atom is 0.243 e. The third-order valence-electron chi connectivity index (χ3n) is 4.12. The molecule has 26 heavy (non-hydrogen) atoms. The Balaban J connectivity index is 0.00000338. The third-order valence-corrected chi connectivity index (χ3v) is 4.73.